The number of carbonyl (C=O) groups is 1. The van der Waals surface area contributed by atoms with E-state index in [1.165, 1.54) is 6.07 Å². The molecule has 0 spiro atoms. The fraction of sp³-hybridized carbons (Fsp3) is 0.158. The molecule has 0 radical (unpaired) electrons. The largest absolute Gasteiger partial charge is 0.478 e. The number of nitrogens with zero attached hydrogens (tertiary/aromatic N) is 2. The summed E-state index contributed by atoms with van der Waals surface area (Å²) in [7, 11) is 0. The number of rotatable bonds is 7. The van der Waals surface area contributed by atoms with Crippen LogP contribution in [0.25, 0.3) is 0 Å². The Bertz CT molecular complexity index is 909. The second kappa shape index (κ2) is 8.25. The van der Waals surface area contributed by atoms with Crippen LogP contribution in [0.4, 0.5) is 4.39 Å². The van der Waals surface area contributed by atoms with Crippen molar-refractivity contribution < 1.29 is 14.3 Å². The summed E-state index contributed by atoms with van der Waals surface area (Å²) in [5.74, 6) is -1.18. The van der Waals surface area contributed by atoms with Gasteiger partial charge in [-0.25, -0.2) is 14.2 Å². The van der Waals surface area contributed by atoms with Crippen molar-refractivity contribution in [2.45, 2.75) is 19.6 Å². The minimum absolute atomic E-state index is 0.248. The minimum atomic E-state index is -0.935. The van der Waals surface area contributed by atoms with Crippen LogP contribution in [0.3, 0.4) is 0 Å². The number of imidazole rings is 1. The van der Waals surface area contributed by atoms with E-state index in [1.807, 2.05) is 16.8 Å². The van der Waals surface area contributed by atoms with E-state index in [2.05, 4.69) is 26.2 Å². The molecule has 0 unspecified atom stereocenters. The number of benzene rings is 2. The molecule has 0 atom stereocenters. The number of hydrogen-bond donors (Lipinski definition) is 2. The Labute approximate surface area is 158 Å². The van der Waals surface area contributed by atoms with Crippen molar-refractivity contribution in [2.75, 3.05) is 0 Å². The summed E-state index contributed by atoms with van der Waals surface area (Å²) in [4.78, 5) is 15.2. The van der Waals surface area contributed by atoms with Crippen LogP contribution in [-0.2, 0) is 19.6 Å². The lowest BCUT2D eigenvalue weighted by atomic mass is 10.1. The van der Waals surface area contributed by atoms with E-state index in [-0.39, 0.29) is 11.4 Å². The molecule has 1 aromatic heterocycles. The van der Waals surface area contributed by atoms with Crippen LogP contribution < -0.4 is 5.32 Å². The van der Waals surface area contributed by atoms with E-state index in [4.69, 9.17) is 5.11 Å². The number of nitrogens with one attached hydrogen (secondary N) is 1. The van der Waals surface area contributed by atoms with Crippen molar-refractivity contribution >= 4 is 21.9 Å². The van der Waals surface area contributed by atoms with Gasteiger partial charge in [-0.1, -0.05) is 34.1 Å². The Morgan fingerprint density at radius 3 is 2.65 bits per heavy atom. The highest BCUT2D eigenvalue weighted by molar-refractivity contribution is 9.10. The SMILES string of the molecule is O=C(O)c1ccc(Cn2cnc(CNCc3ccc(Br)cc3F)c2)cc1. The Morgan fingerprint density at radius 2 is 1.96 bits per heavy atom. The minimum Gasteiger partial charge on any atom is -0.478 e. The van der Waals surface area contributed by atoms with E-state index in [0.717, 1.165) is 11.3 Å². The molecule has 3 rings (SSSR count). The standard InChI is InChI=1S/C19H17BrFN3O2/c20-16-6-5-15(18(21)7-16)8-22-9-17-11-24(12-23-17)10-13-1-3-14(4-2-13)19(25)26/h1-7,11-12,22H,8-10H2,(H,25,26). The molecule has 0 amide bonds. The number of carboxylic acid groups (broad SMARTS) is 1. The Balaban J connectivity index is 1.53. The lowest BCUT2D eigenvalue weighted by Crippen LogP contribution is -2.14. The van der Waals surface area contributed by atoms with Gasteiger partial charge in [-0.3, -0.25) is 0 Å². The van der Waals surface area contributed by atoms with Gasteiger partial charge < -0.3 is 15.0 Å². The van der Waals surface area contributed by atoms with Crippen molar-refractivity contribution in [2.24, 2.45) is 0 Å². The molecule has 0 saturated heterocycles. The monoisotopic (exact) mass is 417 g/mol. The first-order valence-electron chi connectivity index (χ1n) is 7.99. The van der Waals surface area contributed by atoms with Crippen LogP contribution in [0.2, 0.25) is 0 Å². The molecule has 0 aliphatic carbocycles. The summed E-state index contributed by atoms with van der Waals surface area (Å²) in [6.45, 7) is 1.55. The zero-order valence-corrected chi connectivity index (χ0v) is 15.4. The van der Waals surface area contributed by atoms with Gasteiger partial charge in [-0.2, -0.15) is 0 Å². The first-order valence-corrected chi connectivity index (χ1v) is 8.78. The third kappa shape index (κ3) is 4.77. The zero-order valence-electron chi connectivity index (χ0n) is 13.8. The topological polar surface area (TPSA) is 67.1 Å². The summed E-state index contributed by atoms with van der Waals surface area (Å²) in [6.07, 6.45) is 3.64. The lowest BCUT2D eigenvalue weighted by molar-refractivity contribution is 0.0697. The zero-order chi connectivity index (χ0) is 18.5. The first kappa shape index (κ1) is 18.3. The van der Waals surface area contributed by atoms with Gasteiger partial charge in [0, 0.05) is 35.9 Å². The number of aromatic nitrogens is 2. The highest BCUT2D eigenvalue weighted by atomic mass is 79.9. The molecular formula is C19H17BrFN3O2. The van der Waals surface area contributed by atoms with Gasteiger partial charge in [0.2, 0.25) is 0 Å². The van der Waals surface area contributed by atoms with E-state index >= 15 is 0 Å². The van der Waals surface area contributed by atoms with Gasteiger partial charge >= 0.3 is 5.97 Å². The van der Waals surface area contributed by atoms with Gasteiger partial charge in [0.25, 0.3) is 0 Å². The number of aromatic carboxylic acids is 1. The Morgan fingerprint density at radius 1 is 1.19 bits per heavy atom. The quantitative estimate of drug-likeness (QED) is 0.612. The van der Waals surface area contributed by atoms with Crippen LogP contribution in [0.1, 0.15) is 27.2 Å². The normalized spacial score (nSPS) is 10.8. The first-order chi connectivity index (χ1) is 12.5. The molecular weight excluding hydrogens is 401 g/mol. The van der Waals surface area contributed by atoms with Crippen molar-refractivity contribution in [3.8, 4) is 0 Å². The maximum absolute atomic E-state index is 13.8. The molecule has 2 N–H and O–H groups in total. The van der Waals surface area contributed by atoms with Gasteiger partial charge in [0.1, 0.15) is 5.82 Å². The number of carboxylic acids is 1. The smallest absolute Gasteiger partial charge is 0.335 e. The molecule has 0 saturated carbocycles. The van der Waals surface area contributed by atoms with E-state index in [0.29, 0.717) is 29.7 Å². The summed E-state index contributed by atoms with van der Waals surface area (Å²) in [5, 5.41) is 12.1. The summed E-state index contributed by atoms with van der Waals surface area (Å²) < 4.78 is 16.4. The predicted molar refractivity (Wildman–Crippen MR) is 99.4 cm³/mol. The van der Waals surface area contributed by atoms with Gasteiger partial charge in [-0.05, 0) is 29.8 Å². The molecule has 0 bridgehead atoms. The molecule has 5 nitrogen and oxygen atoms in total. The van der Waals surface area contributed by atoms with Crippen LogP contribution in [0.15, 0.2) is 59.5 Å². The van der Waals surface area contributed by atoms with Gasteiger partial charge in [-0.15, -0.1) is 0 Å². The van der Waals surface area contributed by atoms with Crippen LogP contribution in [-0.4, -0.2) is 20.6 Å². The van der Waals surface area contributed by atoms with Crippen molar-refractivity contribution in [3.05, 3.63) is 87.7 Å². The average Bonchev–Trinajstić information content (AvgIpc) is 3.04. The average molecular weight is 418 g/mol. The molecule has 1 heterocycles. The predicted octanol–water partition coefficient (Wildman–Crippen LogP) is 3.82. The van der Waals surface area contributed by atoms with Crippen molar-refractivity contribution in [3.63, 3.8) is 0 Å². The fourth-order valence-electron chi connectivity index (χ4n) is 2.54. The van der Waals surface area contributed by atoms with E-state index in [1.54, 1.807) is 36.7 Å². The fourth-order valence-corrected chi connectivity index (χ4v) is 2.87. The highest BCUT2D eigenvalue weighted by Crippen LogP contribution is 2.15. The van der Waals surface area contributed by atoms with Crippen molar-refractivity contribution in [1.29, 1.82) is 0 Å². The second-order valence-electron chi connectivity index (χ2n) is 5.88. The van der Waals surface area contributed by atoms with Crippen LogP contribution >= 0.6 is 15.9 Å². The molecule has 3 aromatic rings. The van der Waals surface area contributed by atoms with E-state index < -0.39 is 5.97 Å². The Kier molecular flexibility index (Phi) is 5.80. The van der Waals surface area contributed by atoms with Crippen molar-refractivity contribution in [1.82, 2.24) is 14.9 Å². The molecule has 7 heteroatoms. The summed E-state index contributed by atoms with van der Waals surface area (Å²) in [5.41, 5.74) is 2.71. The van der Waals surface area contributed by atoms with Crippen LogP contribution in [0, 0.1) is 5.82 Å². The summed E-state index contributed by atoms with van der Waals surface area (Å²) in [6, 6.07) is 11.8. The van der Waals surface area contributed by atoms with E-state index in [9.17, 15) is 9.18 Å². The third-order valence-electron chi connectivity index (χ3n) is 3.89. The maximum Gasteiger partial charge on any atom is 0.335 e. The van der Waals surface area contributed by atoms with Gasteiger partial charge in [0.15, 0.2) is 0 Å². The maximum atomic E-state index is 13.8. The Hall–Kier alpha value is -2.51. The molecule has 2 aromatic carbocycles. The number of hydrogen-bond acceptors (Lipinski definition) is 3. The molecule has 0 aliphatic rings. The third-order valence-corrected chi connectivity index (χ3v) is 4.38. The molecule has 0 aliphatic heterocycles. The highest BCUT2D eigenvalue weighted by Gasteiger charge is 2.05. The number of halogens is 2. The van der Waals surface area contributed by atoms with Gasteiger partial charge in [0.05, 0.1) is 17.6 Å². The second-order valence-corrected chi connectivity index (χ2v) is 6.79. The molecule has 0 fully saturated rings. The van der Waals surface area contributed by atoms with Crippen LogP contribution in [0.5, 0.6) is 0 Å². The lowest BCUT2D eigenvalue weighted by Gasteiger charge is -2.05. The molecule has 26 heavy (non-hydrogen) atoms. The summed E-state index contributed by atoms with van der Waals surface area (Å²) >= 11 is 3.24. The molecule has 134 valence electrons.